The predicted molar refractivity (Wildman–Crippen MR) is 74.6 cm³/mol. The number of aliphatic carboxylic acids is 1. The van der Waals surface area contributed by atoms with Crippen LogP contribution in [0, 0.1) is 0 Å². The lowest BCUT2D eigenvalue weighted by Crippen LogP contribution is -2.00. The van der Waals surface area contributed by atoms with Crippen LogP contribution >= 0.6 is 0 Å². The smallest absolute Gasteiger partial charge is 0.308 e. The minimum absolute atomic E-state index is 0.154. The molecule has 0 atom stereocenters. The van der Waals surface area contributed by atoms with Crippen LogP contribution in [-0.2, 0) is 9.59 Å². The van der Waals surface area contributed by atoms with E-state index >= 15 is 0 Å². The highest BCUT2D eigenvalue weighted by atomic mass is 16.5. The number of carbonyl (C=O) groups is 2. The van der Waals surface area contributed by atoms with Crippen molar-refractivity contribution < 1.29 is 24.5 Å². The fourth-order valence-corrected chi connectivity index (χ4v) is 1.28. The van der Waals surface area contributed by atoms with Gasteiger partial charge < -0.3 is 20.7 Å². The van der Waals surface area contributed by atoms with Crippen LogP contribution in [-0.4, -0.2) is 28.7 Å². The average Bonchev–Trinajstić information content (AvgIpc) is 2.37. The zero-order valence-electron chi connectivity index (χ0n) is 11.5. The highest BCUT2D eigenvalue weighted by Crippen LogP contribution is 2.15. The molecule has 0 spiro atoms. The monoisotopic (exact) mass is 283 g/mol. The molecule has 0 aromatic heterocycles. The molecule has 0 fully saturated rings. The maximum atomic E-state index is 10.4. The summed E-state index contributed by atoms with van der Waals surface area (Å²) in [7, 11) is 0. The number of carboxylic acids is 1. The molecule has 0 bridgehead atoms. The Balaban J connectivity index is 0.000000370. The molecular formula is C14H21NO5. The lowest BCUT2D eigenvalue weighted by atomic mass is 10.2. The molecule has 6 heteroatoms. The summed E-state index contributed by atoms with van der Waals surface area (Å²) in [5.74, 6) is -0.487. The van der Waals surface area contributed by atoms with Gasteiger partial charge in [0.05, 0.1) is 0 Å². The molecule has 0 saturated heterocycles. The first-order valence-corrected chi connectivity index (χ1v) is 6.35. The second-order valence-electron chi connectivity index (χ2n) is 4.08. The minimum Gasteiger partial charge on any atom is -0.508 e. The Labute approximate surface area is 118 Å². The molecule has 0 aliphatic heterocycles. The molecular weight excluding hydrogens is 262 g/mol. The van der Waals surface area contributed by atoms with E-state index in [1.807, 2.05) is 0 Å². The number of unbranched alkanes of at least 4 members (excludes halogenated alkanes) is 2. The second kappa shape index (κ2) is 10.8. The van der Waals surface area contributed by atoms with Gasteiger partial charge in [-0.05, 0) is 43.7 Å². The van der Waals surface area contributed by atoms with Gasteiger partial charge in [-0.25, -0.2) is 0 Å². The van der Waals surface area contributed by atoms with Crippen molar-refractivity contribution in [3.05, 3.63) is 24.3 Å². The third-order valence-electron chi connectivity index (χ3n) is 2.19. The Bertz CT molecular complexity index is 403. The first kappa shape index (κ1) is 17.9. The fraction of sp³-hybridized carbons (Fsp3) is 0.429. The molecule has 6 nitrogen and oxygen atoms in total. The van der Waals surface area contributed by atoms with Gasteiger partial charge in [-0.2, -0.15) is 0 Å². The normalized spacial score (nSPS) is 9.30. The molecule has 4 N–H and O–H groups in total. The van der Waals surface area contributed by atoms with E-state index in [0.717, 1.165) is 19.3 Å². The summed E-state index contributed by atoms with van der Waals surface area (Å²) in [5.41, 5.74) is 5.20. The first-order chi connectivity index (χ1) is 9.45. The van der Waals surface area contributed by atoms with Crippen molar-refractivity contribution in [1.29, 1.82) is 0 Å². The molecule has 1 aromatic rings. The number of benzene rings is 1. The van der Waals surface area contributed by atoms with E-state index in [9.17, 15) is 9.59 Å². The number of phenolic OH excluding ortho intramolecular Hbond substituents is 1. The lowest BCUT2D eigenvalue weighted by molar-refractivity contribution is -0.137. The number of nitrogens with two attached hydrogens (primary N) is 1. The van der Waals surface area contributed by atoms with E-state index in [2.05, 4.69) is 0 Å². The number of phenols is 1. The number of carboxylic acid groups (broad SMARTS) is 1. The molecule has 0 heterocycles. The van der Waals surface area contributed by atoms with Crippen LogP contribution in [0.3, 0.4) is 0 Å². The number of rotatable bonds is 6. The maximum Gasteiger partial charge on any atom is 0.308 e. The second-order valence-corrected chi connectivity index (χ2v) is 4.08. The van der Waals surface area contributed by atoms with Gasteiger partial charge in [0.15, 0.2) is 0 Å². The highest BCUT2D eigenvalue weighted by Gasteiger charge is 1.96. The van der Waals surface area contributed by atoms with Gasteiger partial charge in [-0.15, -0.1) is 0 Å². The summed E-state index contributed by atoms with van der Waals surface area (Å²) < 4.78 is 4.72. The van der Waals surface area contributed by atoms with Crippen LogP contribution in [0.25, 0.3) is 0 Å². The van der Waals surface area contributed by atoms with Gasteiger partial charge in [0, 0.05) is 13.3 Å². The van der Waals surface area contributed by atoms with E-state index in [-0.39, 0.29) is 18.1 Å². The van der Waals surface area contributed by atoms with E-state index in [1.165, 1.54) is 31.2 Å². The Hall–Kier alpha value is -2.08. The van der Waals surface area contributed by atoms with Crippen molar-refractivity contribution >= 4 is 11.9 Å². The van der Waals surface area contributed by atoms with Crippen molar-refractivity contribution in [2.75, 3.05) is 6.54 Å². The first-order valence-electron chi connectivity index (χ1n) is 6.35. The summed E-state index contributed by atoms with van der Waals surface area (Å²) in [6, 6.07) is 5.96. The van der Waals surface area contributed by atoms with Crippen LogP contribution in [0.5, 0.6) is 11.5 Å². The topological polar surface area (TPSA) is 110 Å². The molecule has 1 rings (SSSR count). The Morgan fingerprint density at radius 3 is 2.20 bits per heavy atom. The summed E-state index contributed by atoms with van der Waals surface area (Å²) in [6.45, 7) is 1.99. The van der Waals surface area contributed by atoms with Gasteiger partial charge in [-0.3, -0.25) is 9.59 Å². The molecule has 0 radical (unpaired) electrons. The standard InChI is InChI=1S/C8H8O3.C6H13NO2/c1-6(9)11-8-4-2-7(10)3-5-8;7-5-3-1-2-4-6(8)9/h2-5,10H,1H3;1-5,7H2,(H,8,9). The fourth-order valence-electron chi connectivity index (χ4n) is 1.28. The number of carbonyl (C=O) groups excluding carboxylic acids is 1. The third kappa shape index (κ3) is 11.0. The van der Waals surface area contributed by atoms with E-state index in [1.54, 1.807) is 0 Å². The molecule has 1 aromatic carbocycles. The van der Waals surface area contributed by atoms with Crippen molar-refractivity contribution in [2.45, 2.75) is 32.6 Å². The average molecular weight is 283 g/mol. The Morgan fingerprint density at radius 1 is 1.15 bits per heavy atom. The van der Waals surface area contributed by atoms with Crippen LogP contribution in [0.15, 0.2) is 24.3 Å². The number of aromatic hydroxyl groups is 1. The zero-order valence-corrected chi connectivity index (χ0v) is 11.5. The quantitative estimate of drug-likeness (QED) is 0.418. The molecule has 0 amide bonds. The molecule has 0 aliphatic carbocycles. The van der Waals surface area contributed by atoms with Gasteiger partial charge in [0.2, 0.25) is 0 Å². The van der Waals surface area contributed by atoms with Crippen molar-refractivity contribution in [2.24, 2.45) is 5.73 Å². The van der Waals surface area contributed by atoms with Gasteiger partial charge in [-0.1, -0.05) is 6.42 Å². The Kier molecular flexibility index (Phi) is 9.68. The highest BCUT2D eigenvalue weighted by molar-refractivity contribution is 5.69. The maximum absolute atomic E-state index is 10.4. The zero-order chi connectivity index (χ0) is 15.4. The number of hydrogen-bond donors (Lipinski definition) is 3. The van der Waals surface area contributed by atoms with Crippen LogP contribution < -0.4 is 10.5 Å². The number of esters is 1. The number of ether oxygens (including phenoxy) is 1. The van der Waals surface area contributed by atoms with Gasteiger partial charge >= 0.3 is 11.9 Å². The summed E-state index contributed by atoms with van der Waals surface area (Å²) >= 11 is 0. The molecule has 0 unspecified atom stereocenters. The molecule has 0 saturated carbocycles. The predicted octanol–water partition coefficient (Wildman–Crippen LogP) is 1.91. The third-order valence-corrected chi connectivity index (χ3v) is 2.19. The van der Waals surface area contributed by atoms with E-state index < -0.39 is 5.97 Å². The Morgan fingerprint density at radius 2 is 1.75 bits per heavy atom. The summed E-state index contributed by atoms with van der Waals surface area (Å²) in [5, 5.41) is 17.0. The minimum atomic E-state index is -0.716. The van der Waals surface area contributed by atoms with Crippen molar-refractivity contribution in [3.8, 4) is 11.5 Å². The van der Waals surface area contributed by atoms with Gasteiger partial charge in [0.25, 0.3) is 0 Å². The summed E-state index contributed by atoms with van der Waals surface area (Å²) in [4.78, 5) is 20.3. The van der Waals surface area contributed by atoms with Crippen LogP contribution in [0.2, 0.25) is 0 Å². The molecule has 20 heavy (non-hydrogen) atoms. The van der Waals surface area contributed by atoms with E-state index in [4.69, 9.17) is 20.7 Å². The molecule has 112 valence electrons. The van der Waals surface area contributed by atoms with Gasteiger partial charge in [0.1, 0.15) is 11.5 Å². The lowest BCUT2D eigenvalue weighted by Gasteiger charge is -1.99. The number of hydrogen-bond acceptors (Lipinski definition) is 5. The molecule has 0 aliphatic rings. The van der Waals surface area contributed by atoms with Crippen molar-refractivity contribution in [3.63, 3.8) is 0 Å². The van der Waals surface area contributed by atoms with E-state index in [0.29, 0.717) is 12.3 Å². The van der Waals surface area contributed by atoms with Crippen LogP contribution in [0.4, 0.5) is 0 Å². The van der Waals surface area contributed by atoms with Crippen LogP contribution in [0.1, 0.15) is 32.6 Å². The van der Waals surface area contributed by atoms with Crippen molar-refractivity contribution in [1.82, 2.24) is 0 Å². The largest absolute Gasteiger partial charge is 0.508 e. The SMILES string of the molecule is CC(=O)Oc1ccc(O)cc1.NCCCCCC(=O)O. The summed E-state index contributed by atoms with van der Waals surface area (Å²) in [6.07, 6.45) is 2.91.